The fourth-order valence-corrected chi connectivity index (χ4v) is 4.46. The van der Waals surface area contributed by atoms with Gasteiger partial charge in [-0.15, -0.1) is 0 Å². The van der Waals surface area contributed by atoms with Crippen molar-refractivity contribution in [2.24, 2.45) is 7.05 Å². The van der Waals surface area contributed by atoms with Crippen molar-refractivity contribution >= 4 is 0 Å². The van der Waals surface area contributed by atoms with Gasteiger partial charge in [0.1, 0.15) is 0 Å². The van der Waals surface area contributed by atoms with E-state index in [1.165, 1.54) is 27.8 Å². The third-order valence-corrected chi connectivity index (χ3v) is 5.67. The fraction of sp³-hybridized carbons (Fsp3) is 0.550. The minimum absolute atomic E-state index is 0.0597. The third kappa shape index (κ3) is 2.78. The molecule has 4 nitrogen and oxygen atoms in total. The van der Waals surface area contributed by atoms with Gasteiger partial charge in [0.15, 0.2) is 0 Å². The van der Waals surface area contributed by atoms with E-state index in [0.717, 1.165) is 45.5 Å². The lowest BCUT2D eigenvalue weighted by Crippen LogP contribution is -2.46. The molecule has 0 N–H and O–H groups in total. The first-order valence-corrected chi connectivity index (χ1v) is 9.00. The third-order valence-electron chi connectivity index (χ3n) is 5.67. The molecular weight excluding hydrogens is 298 g/mol. The van der Waals surface area contributed by atoms with Gasteiger partial charge in [-0.05, 0) is 49.8 Å². The number of benzene rings is 1. The molecule has 1 spiro atoms. The van der Waals surface area contributed by atoms with Gasteiger partial charge in [-0.1, -0.05) is 17.7 Å². The van der Waals surface area contributed by atoms with Crippen LogP contribution in [0.4, 0.5) is 0 Å². The van der Waals surface area contributed by atoms with E-state index >= 15 is 0 Å². The van der Waals surface area contributed by atoms with Crippen molar-refractivity contribution in [3.63, 3.8) is 0 Å². The minimum atomic E-state index is -0.0597. The van der Waals surface area contributed by atoms with Gasteiger partial charge < -0.3 is 4.74 Å². The molecule has 2 aliphatic heterocycles. The van der Waals surface area contributed by atoms with Crippen LogP contribution in [0.3, 0.4) is 0 Å². The van der Waals surface area contributed by atoms with Crippen LogP contribution in [0, 0.1) is 13.8 Å². The highest BCUT2D eigenvalue weighted by atomic mass is 16.5. The molecule has 0 amide bonds. The van der Waals surface area contributed by atoms with E-state index in [1.54, 1.807) is 0 Å². The van der Waals surface area contributed by atoms with E-state index in [4.69, 9.17) is 4.74 Å². The molecule has 0 saturated carbocycles. The lowest BCUT2D eigenvalue weighted by atomic mass is 9.77. The summed E-state index contributed by atoms with van der Waals surface area (Å²) in [4.78, 5) is 2.53. The van der Waals surface area contributed by atoms with E-state index in [9.17, 15) is 0 Å². The number of hydrogen-bond acceptors (Lipinski definition) is 3. The highest BCUT2D eigenvalue weighted by molar-refractivity contribution is 5.43. The van der Waals surface area contributed by atoms with Gasteiger partial charge >= 0.3 is 0 Å². The summed E-state index contributed by atoms with van der Waals surface area (Å²) in [5, 5.41) is 4.28. The second-order valence-electron chi connectivity index (χ2n) is 7.50. The van der Waals surface area contributed by atoms with Gasteiger partial charge in [0.05, 0.1) is 18.4 Å². The summed E-state index contributed by atoms with van der Waals surface area (Å²) in [7, 11) is 1.98. The van der Waals surface area contributed by atoms with E-state index in [0.29, 0.717) is 0 Å². The van der Waals surface area contributed by atoms with Gasteiger partial charge in [0.25, 0.3) is 0 Å². The van der Waals surface area contributed by atoms with Crippen molar-refractivity contribution in [2.45, 2.75) is 45.3 Å². The molecule has 2 aromatic rings. The maximum Gasteiger partial charge on any atom is 0.0958 e. The molecule has 0 atom stereocenters. The molecule has 4 heteroatoms. The van der Waals surface area contributed by atoms with Crippen molar-refractivity contribution in [3.8, 4) is 0 Å². The molecule has 1 aromatic heterocycles. The molecule has 0 radical (unpaired) electrons. The van der Waals surface area contributed by atoms with Crippen LogP contribution in [0.2, 0.25) is 0 Å². The van der Waals surface area contributed by atoms with E-state index in [-0.39, 0.29) is 5.60 Å². The van der Waals surface area contributed by atoms with Crippen molar-refractivity contribution in [1.29, 1.82) is 0 Å². The van der Waals surface area contributed by atoms with Gasteiger partial charge in [0, 0.05) is 38.4 Å². The maximum atomic E-state index is 6.40. The zero-order chi connectivity index (χ0) is 16.7. The Hall–Kier alpha value is -1.65. The molecule has 0 unspecified atom stereocenters. The lowest BCUT2D eigenvalue weighted by Gasteiger charge is -2.45. The number of piperidine rings is 1. The van der Waals surface area contributed by atoms with E-state index < -0.39 is 0 Å². The summed E-state index contributed by atoms with van der Waals surface area (Å²) >= 11 is 0. The van der Waals surface area contributed by atoms with E-state index in [1.807, 2.05) is 17.9 Å². The standard InChI is InChI=1S/C20H27N3O/c1-15-10-16(2)18-4-9-24-20(19(18)11-15)5-7-23(8-6-20)14-17-12-21-22(3)13-17/h10-13H,4-9,14H2,1-3H3. The SMILES string of the molecule is Cc1cc(C)c2c(c1)C1(CCN(Cc3cnn(C)c3)CC1)OCC2. The first-order chi connectivity index (χ1) is 11.6. The molecule has 0 aliphatic carbocycles. The summed E-state index contributed by atoms with van der Waals surface area (Å²) in [6.45, 7) is 8.47. The lowest BCUT2D eigenvalue weighted by molar-refractivity contribution is -0.0990. The Bertz CT molecular complexity index is 741. The van der Waals surface area contributed by atoms with Crippen LogP contribution in [0.15, 0.2) is 24.5 Å². The van der Waals surface area contributed by atoms with Crippen LogP contribution < -0.4 is 0 Å². The zero-order valence-electron chi connectivity index (χ0n) is 15.0. The van der Waals surface area contributed by atoms with Crippen LogP contribution in [-0.2, 0) is 30.4 Å². The van der Waals surface area contributed by atoms with Crippen molar-refractivity contribution in [3.05, 3.63) is 52.3 Å². The molecule has 2 aliphatic rings. The van der Waals surface area contributed by atoms with Crippen LogP contribution in [-0.4, -0.2) is 34.4 Å². The van der Waals surface area contributed by atoms with Gasteiger partial charge in [-0.3, -0.25) is 9.58 Å². The van der Waals surface area contributed by atoms with Crippen molar-refractivity contribution < 1.29 is 4.74 Å². The Labute approximate surface area is 144 Å². The summed E-state index contributed by atoms with van der Waals surface area (Å²) in [6, 6.07) is 4.69. The average Bonchev–Trinajstić information content (AvgIpc) is 2.96. The second-order valence-corrected chi connectivity index (χ2v) is 7.50. The fourth-order valence-electron chi connectivity index (χ4n) is 4.46. The molecule has 3 heterocycles. The quantitative estimate of drug-likeness (QED) is 0.850. The molecule has 24 heavy (non-hydrogen) atoms. The van der Waals surface area contributed by atoms with Crippen molar-refractivity contribution in [1.82, 2.24) is 14.7 Å². The predicted octanol–water partition coefficient (Wildman–Crippen LogP) is 3.10. The number of rotatable bonds is 2. The highest BCUT2D eigenvalue weighted by Gasteiger charge is 2.41. The highest BCUT2D eigenvalue weighted by Crippen LogP contribution is 2.43. The Balaban J connectivity index is 1.53. The normalized spacial score (nSPS) is 20.3. The number of likely N-dealkylation sites (tertiary alicyclic amines) is 1. The summed E-state index contributed by atoms with van der Waals surface area (Å²) in [5.74, 6) is 0. The summed E-state index contributed by atoms with van der Waals surface area (Å²) in [5.41, 5.74) is 7.03. The zero-order valence-corrected chi connectivity index (χ0v) is 15.0. The molecule has 128 valence electrons. The number of fused-ring (bicyclic) bond motifs is 2. The number of ether oxygens (including phenoxy) is 1. The minimum Gasteiger partial charge on any atom is -0.370 e. The van der Waals surface area contributed by atoms with Crippen LogP contribution in [0.25, 0.3) is 0 Å². The van der Waals surface area contributed by atoms with Gasteiger partial charge in [-0.25, -0.2) is 0 Å². The number of aromatic nitrogens is 2. The molecule has 0 bridgehead atoms. The number of aryl methyl sites for hydroxylation is 3. The first kappa shape index (κ1) is 15.9. The first-order valence-electron chi connectivity index (χ1n) is 9.00. The average molecular weight is 325 g/mol. The maximum absolute atomic E-state index is 6.40. The molecule has 1 saturated heterocycles. The van der Waals surface area contributed by atoms with Gasteiger partial charge in [0.2, 0.25) is 0 Å². The Kier molecular flexibility index (Phi) is 3.97. The predicted molar refractivity (Wildman–Crippen MR) is 95.0 cm³/mol. The second kappa shape index (κ2) is 6.01. The number of hydrogen-bond donors (Lipinski definition) is 0. The summed E-state index contributed by atoms with van der Waals surface area (Å²) in [6.07, 6.45) is 7.32. The largest absolute Gasteiger partial charge is 0.370 e. The smallest absolute Gasteiger partial charge is 0.0958 e. The Morgan fingerprint density at radius 3 is 2.71 bits per heavy atom. The van der Waals surface area contributed by atoms with Crippen molar-refractivity contribution in [2.75, 3.05) is 19.7 Å². The van der Waals surface area contributed by atoms with E-state index in [2.05, 4.69) is 42.2 Å². The molecule has 1 aromatic carbocycles. The monoisotopic (exact) mass is 325 g/mol. The molecule has 4 rings (SSSR count). The van der Waals surface area contributed by atoms with Crippen LogP contribution in [0.5, 0.6) is 0 Å². The topological polar surface area (TPSA) is 30.3 Å². The Morgan fingerprint density at radius 1 is 1.21 bits per heavy atom. The van der Waals surface area contributed by atoms with Gasteiger partial charge in [-0.2, -0.15) is 5.10 Å². The number of nitrogens with zero attached hydrogens (tertiary/aromatic N) is 3. The van der Waals surface area contributed by atoms with Crippen LogP contribution >= 0.6 is 0 Å². The Morgan fingerprint density at radius 2 is 2.00 bits per heavy atom. The molecular formula is C20H27N3O. The molecule has 1 fully saturated rings. The summed E-state index contributed by atoms with van der Waals surface area (Å²) < 4.78 is 8.28. The van der Waals surface area contributed by atoms with Crippen LogP contribution in [0.1, 0.15) is 40.7 Å².